The summed E-state index contributed by atoms with van der Waals surface area (Å²) in [6, 6.07) is 14.1. The second kappa shape index (κ2) is 11.3. The van der Waals surface area contributed by atoms with Crippen molar-refractivity contribution in [3.8, 4) is 17.6 Å². The zero-order valence-corrected chi connectivity index (χ0v) is 21.2. The molecule has 1 aromatic carbocycles. The second-order valence-electron chi connectivity index (χ2n) is 9.69. The molecule has 2 aromatic heterocycles. The lowest BCUT2D eigenvalue weighted by Gasteiger charge is -2.27. The van der Waals surface area contributed by atoms with Crippen LogP contribution >= 0.6 is 0 Å². The third-order valence-electron chi connectivity index (χ3n) is 6.79. The van der Waals surface area contributed by atoms with E-state index in [0.717, 1.165) is 31.6 Å². The first-order valence-electron chi connectivity index (χ1n) is 12.6. The van der Waals surface area contributed by atoms with Crippen LogP contribution in [0.2, 0.25) is 0 Å². The Morgan fingerprint density at radius 3 is 2.58 bits per heavy atom. The molecule has 0 aliphatic heterocycles. The number of ether oxygens (including phenoxy) is 1. The van der Waals surface area contributed by atoms with Gasteiger partial charge in [-0.3, -0.25) is 13.9 Å². The van der Waals surface area contributed by atoms with Crippen molar-refractivity contribution >= 4 is 11.6 Å². The summed E-state index contributed by atoms with van der Waals surface area (Å²) in [5, 5.41) is 12.3. The monoisotopic (exact) mass is 487 g/mol. The molecule has 0 atom stereocenters. The molecule has 0 bridgehead atoms. The molecule has 8 heteroatoms. The van der Waals surface area contributed by atoms with Crippen molar-refractivity contribution in [3.63, 3.8) is 0 Å². The maximum Gasteiger partial charge on any atom is 0.332 e. The Bertz CT molecular complexity index is 1380. The number of aromatic nitrogens is 3. The van der Waals surface area contributed by atoms with Gasteiger partial charge in [-0.25, -0.2) is 9.78 Å². The number of hydrogen-bond donors (Lipinski definition) is 1. The Labute approximate surface area is 211 Å². The summed E-state index contributed by atoms with van der Waals surface area (Å²) < 4.78 is 8.94. The Hall–Kier alpha value is -3.86. The molecule has 0 spiro atoms. The predicted octanol–water partition coefficient (Wildman–Crippen LogP) is 5.36. The fraction of sp³-hybridized carbons (Fsp3) is 0.429. The summed E-state index contributed by atoms with van der Waals surface area (Å²) in [6.45, 7) is 7.03. The number of nitrogens with zero attached hydrogens (tertiary/aromatic N) is 4. The third kappa shape index (κ3) is 5.85. The van der Waals surface area contributed by atoms with Gasteiger partial charge in [0.1, 0.15) is 23.1 Å². The number of benzene rings is 1. The van der Waals surface area contributed by atoms with Gasteiger partial charge in [0.25, 0.3) is 5.56 Å². The minimum absolute atomic E-state index is 0.278. The van der Waals surface area contributed by atoms with Crippen molar-refractivity contribution < 1.29 is 4.74 Å². The highest BCUT2D eigenvalue weighted by Crippen LogP contribution is 2.30. The zero-order valence-electron chi connectivity index (χ0n) is 21.2. The van der Waals surface area contributed by atoms with E-state index in [-0.39, 0.29) is 11.2 Å². The van der Waals surface area contributed by atoms with Crippen molar-refractivity contribution in [1.29, 1.82) is 5.26 Å². The summed E-state index contributed by atoms with van der Waals surface area (Å²) in [5.41, 5.74) is 0.558. The van der Waals surface area contributed by atoms with E-state index in [0.29, 0.717) is 59.8 Å². The van der Waals surface area contributed by atoms with Crippen molar-refractivity contribution in [1.82, 2.24) is 14.1 Å². The molecule has 0 radical (unpaired) electrons. The predicted molar refractivity (Wildman–Crippen MR) is 140 cm³/mol. The number of anilines is 2. The number of nitriles is 1. The Kier molecular flexibility index (Phi) is 7.89. The Balaban J connectivity index is 1.61. The van der Waals surface area contributed by atoms with Gasteiger partial charge in [-0.15, -0.1) is 0 Å². The van der Waals surface area contributed by atoms with Gasteiger partial charge in [0.2, 0.25) is 0 Å². The molecule has 0 saturated heterocycles. The molecule has 188 valence electrons. The molecule has 8 nitrogen and oxygen atoms in total. The van der Waals surface area contributed by atoms with Gasteiger partial charge in [-0.05, 0) is 68.4 Å². The Morgan fingerprint density at radius 2 is 1.89 bits per heavy atom. The topological polar surface area (TPSA) is 102 Å². The largest absolute Gasteiger partial charge is 0.455 e. The van der Waals surface area contributed by atoms with E-state index in [1.807, 2.05) is 13.8 Å². The Morgan fingerprint density at radius 1 is 1.11 bits per heavy atom. The van der Waals surface area contributed by atoms with E-state index in [1.54, 1.807) is 41.0 Å². The maximum atomic E-state index is 13.3. The first kappa shape index (κ1) is 25.2. The van der Waals surface area contributed by atoms with Gasteiger partial charge in [0.05, 0.1) is 17.3 Å². The highest BCUT2D eigenvalue weighted by molar-refractivity contribution is 5.54. The van der Waals surface area contributed by atoms with E-state index in [1.165, 1.54) is 10.6 Å². The molecular weight excluding hydrogens is 454 g/mol. The van der Waals surface area contributed by atoms with E-state index in [4.69, 9.17) is 10.00 Å². The molecule has 1 saturated carbocycles. The van der Waals surface area contributed by atoms with Crippen LogP contribution in [0.1, 0.15) is 57.2 Å². The summed E-state index contributed by atoms with van der Waals surface area (Å²) in [7, 11) is 0. The average Bonchev–Trinajstić information content (AvgIpc) is 2.87. The maximum absolute atomic E-state index is 13.3. The van der Waals surface area contributed by atoms with Gasteiger partial charge in [-0.1, -0.05) is 32.8 Å². The number of rotatable bonds is 8. The average molecular weight is 488 g/mol. The quantitative estimate of drug-likeness (QED) is 0.459. The summed E-state index contributed by atoms with van der Waals surface area (Å²) in [5.74, 6) is 3.21. The molecule has 1 fully saturated rings. The number of aryl methyl sites for hydroxylation is 1. The minimum Gasteiger partial charge on any atom is -0.455 e. The lowest BCUT2D eigenvalue weighted by molar-refractivity contribution is 0.261. The molecule has 1 N–H and O–H groups in total. The van der Waals surface area contributed by atoms with Gasteiger partial charge in [-0.2, -0.15) is 5.26 Å². The minimum atomic E-state index is -0.313. The van der Waals surface area contributed by atoms with E-state index >= 15 is 0 Å². The number of nitrogens with one attached hydrogen (secondary N) is 1. The first-order chi connectivity index (χ1) is 17.4. The van der Waals surface area contributed by atoms with E-state index in [9.17, 15) is 9.59 Å². The van der Waals surface area contributed by atoms with Crippen molar-refractivity contribution in [3.05, 3.63) is 74.6 Å². The summed E-state index contributed by atoms with van der Waals surface area (Å²) in [6.07, 6.45) is 5.20. The number of hydrogen-bond acceptors (Lipinski definition) is 6. The third-order valence-corrected chi connectivity index (χ3v) is 6.79. The smallest absolute Gasteiger partial charge is 0.332 e. The molecule has 36 heavy (non-hydrogen) atoms. The molecule has 0 amide bonds. The highest BCUT2D eigenvalue weighted by Gasteiger charge is 2.21. The van der Waals surface area contributed by atoms with Crippen LogP contribution in [0, 0.1) is 30.1 Å². The fourth-order valence-electron chi connectivity index (χ4n) is 4.71. The normalized spacial score (nSPS) is 17.4. The van der Waals surface area contributed by atoms with Crippen LogP contribution < -0.4 is 21.3 Å². The van der Waals surface area contributed by atoms with Crippen molar-refractivity contribution in [2.45, 2.75) is 66.0 Å². The molecule has 1 aliphatic rings. The van der Waals surface area contributed by atoms with Crippen molar-refractivity contribution in [2.75, 3.05) is 5.32 Å². The van der Waals surface area contributed by atoms with Crippen LogP contribution in [-0.4, -0.2) is 14.1 Å². The second-order valence-corrected chi connectivity index (χ2v) is 9.69. The van der Waals surface area contributed by atoms with Crippen LogP contribution in [-0.2, 0) is 13.1 Å². The van der Waals surface area contributed by atoms with Crippen LogP contribution in [0.3, 0.4) is 0 Å². The summed E-state index contributed by atoms with van der Waals surface area (Å²) in [4.78, 5) is 30.7. The standard InChI is InChI=1S/C28H33N5O3/c1-4-14-32-27(34)16-26(33(28(32)35)18-21-10-8-19(2)9-11-21)31-25-13-12-24(20(3)30-25)36-23-7-5-6-22(15-23)17-29/h5-7,12-13,15-16,19,21H,4,8-11,14,18H2,1-3H3,(H,30,31). The van der Waals surface area contributed by atoms with Crippen LogP contribution in [0.25, 0.3) is 0 Å². The number of pyridine rings is 1. The lowest BCUT2D eigenvalue weighted by atomic mass is 9.83. The van der Waals surface area contributed by atoms with Gasteiger partial charge < -0.3 is 10.1 Å². The first-order valence-corrected chi connectivity index (χ1v) is 12.6. The molecule has 2 heterocycles. The van der Waals surface area contributed by atoms with Gasteiger partial charge >= 0.3 is 5.69 Å². The SMILES string of the molecule is CCCn1c(=O)cc(Nc2ccc(Oc3cccc(C#N)c3)c(C)n2)n(CC2CCC(C)CC2)c1=O. The molecule has 3 aromatic rings. The molecule has 0 unspecified atom stereocenters. The molecular formula is C28H33N5O3. The van der Waals surface area contributed by atoms with E-state index in [2.05, 4.69) is 23.3 Å². The van der Waals surface area contributed by atoms with Crippen LogP contribution in [0.5, 0.6) is 11.5 Å². The van der Waals surface area contributed by atoms with Gasteiger partial charge in [0.15, 0.2) is 0 Å². The zero-order chi connectivity index (χ0) is 25.7. The summed E-state index contributed by atoms with van der Waals surface area (Å²) >= 11 is 0. The van der Waals surface area contributed by atoms with Crippen LogP contribution in [0.4, 0.5) is 11.6 Å². The van der Waals surface area contributed by atoms with E-state index < -0.39 is 0 Å². The lowest BCUT2D eigenvalue weighted by Crippen LogP contribution is -2.41. The molecule has 4 rings (SSSR count). The van der Waals surface area contributed by atoms with Gasteiger partial charge in [0, 0.05) is 19.2 Å². The highest BCUT2D eigenvalue weighted by atomic mass is 16.5. The molecule has 1 aliphatic carbocycles. The van der Waals surface area contributed by atoms with Crippen molar-refractivity contribution in [2.24, 2.45) is 11.8 Å². The fourth-order valence-corrected chi connectivity index (χ4v) is 4.71. The van der Waals surface area contributed by atoms with Crippen LogP contribution in [0.15, 0.2) is 52.1 Å².